The fourth-order valence-corrected chi connectivity index (χ4v) is 4.00. The van der Waals surface area contributed by atoms with E-state index in [-0.39, 0.29) is 24.2 Å². The van der Waals surface area contributed by atoms with Gasteiger partial charge in [-0.3, -0.25) is 0 Å². The second-order valence-electron chi connectivity index (χ2n) is 6.51. The van der Waals surface area contributed by atoms with Crippen LogP contribution in [-0.2, 0) is 21.7 Å². The summed E-state index contributed by atoms with van der Waals surface area (Å²) in [5.74, 6) is 0.200. The zero-order valence-corrected chi connectivity index (χ0v) is 15.2. The SMILES string of the molecule is O=C(OCc1ccccc1)N1CC2CONC2(c2cccc(Br)c2)C1. The molecular weight excluding hydrogens is 384 g/mol. The van der Waals surface area contributed by atoms with Crippen LogP contribution in [0, 0.1) is 5.92 Å². The molecule has 0 radical (unpaired) electrons. The van der Waals surface area contributed by atoms with E-state index < -0.39 is 0 Å². The summed E-state index contributed by atoms with van der Waals surface area (Å²) in [6.45, 7) is 2.01. The van der Waals surface area contributed by atoms with Crippen molar-refractivity contribution >= 4 is 22.0 Å². The first kappa shape index (κ1) is 16.6. The van der Waals surface area contributed by atoms with Gasteiger partial charge in [-0.15, -0.1) is 0 Å². The van der Waals surface area contributed by atoms with Gasteiger partial charge < -0.3 is 14.5 Å². The number of hydrogen-bond acceptors (Lipinski definition) is 4. The van der Waals surface area contributed by atoms with Gasteiger partial charge in [-0.25, -0.2) is 4.79 Å². The molecule has 0 spiro atoms. The predicted octanol–water partition coefficient (Wildman–Crippen LogP) is 3.45. The second kappa shape index (κ2) is 6.78. The van der Waals surface area contributed by atoms with Gasteiger partial charge in [-0.2, -0.15) is 5.48 Å². The summed E-state index contributed by atoms with van der Waals surface area (Å²) < 4.78 is 6.50. The number of fused-ring (bicyclic) bond motifs is 1. The van der Waals surface area contributed by atoms with Crippen LogP contribution in [0.15, 0.2) is 59.1 Å². The maximum atomic E-state index is 12.5. The van der Waals surface area contributed by atoms with Crippen LogP contribution in [0.1, 0.15) is 11.1 Å². The minimum absolute atomic E-state index is 0.200. The number of carbonyl (C=O) groups excluding carboxylic acids is 1. The van der Waals surface area contributed by atoms with Crippen LogP contribution in [0.4, 0.5) is 4.79 Å². The number of halogens is 1. The van der Waals surface area contributed by atoms with E-state index in [9.17, 15) is 4.79 Å². The molecule has 5 nitrogen and oxygen atoms in total. The standard InChI is InChI=1S/C19H19BrN2O3/c20-17-8-4-7-15(9-17)19-13-22(10-16(19)12-25-21-19)18(23)24-11-14-5-2-1-3-6-14/h1-9,16,21H,10-13H2. The monoisotopic (exact) mass is 402 g/mol. The van der Waals surface area contributed by atoms with Crippen molar-refractivity contribution in [2.45, 2.75) is 12.1 Å². The Morgan fingerprint density at radius 3 is 2.92 bits per heavy atom. The molecule has 2 unspecified atom stereocenters. The molecule has 2 aliphatic heterocycles. The van der Waals surface area contributed by atoms with E-state index >= 15 is 0 Å². The Bertz CT molecular complexity index is 770. The molecule has 2 fully saturated rings. The Hall–Kier alpha value is -1.89. The molecule has 0 aliphatic carbocycles. The van der Waals surface area contributed by atoms with Crippen LogP contribution in [-0.4, -0.2) is 30.7 Å². The highest BCUT2D eigenvalue weighted by atomic mass is 79.9. The van der Waals surface area contributed by atoms with Crippen molar-refractivity contribution in [1.29, 1.82) is 0 Å². The highest BCUT2D eigenvalue weighted by Gasteiger charge is 2.53. The Kier molecular flexibility index (Phi) is 4.50. The molecule has 0 aromatic heterocycles. The minimum Gasteiger partial charge on any atom is -0.445 e. The van der Waals surface area contributed by atoms with E-state index in [1.165, 1.54) is 0 Å². The van der Waals surface area contributed by atoms with Crippen molar-refractivity contribution in [2.24, 2.45) is 5.92 Å². The molecule has 130 valence electrons. The van der Waals surface area contributed by atoms with Crippen molar-refractivity contribution in [3.63, 3.8) is 0 Å². The Balaban J connectivity index is 1.48. The Morgan fingerprint density at radius 2 is 2.12 bits per heavy atom. The smallest absolute Gasteiger partial charge is 0.410 e. The van der Waals surface area contributed by atoms with Gasteiger partial charge in [0.1, 0.15) is 6.61 Å². The van der Waals surface area contributed by atoms with Crippen LogP contribution in [0.5, 0.6) is 0 Å². The molecule has 4 rings (SSSR count). The van der Waals surface area contributed by atoms with Gasteiger partial charge in [0.25, 0.3) is 0 Å². The number of nitrogens with zero attached hydrogens (tertiary/aromatic N) is 1. The first-order valence-corrected chi connectivity index (χ1v) is 9.07. The molecule has 0 bridgehead atoms. The van der Waals surface area contributed by atoms with E-state index in [2.05, 4.69) is 33.5 Å². The van der Waals surface area contributed by atoms with E-state index in [4.69, 9.17) is 9.57 Å². The van der Waals surface area contributed by atoms with Crippen LogP contribution in [0.25, 0.3) is 0 Å². The van der Waals surface area contributed by atoms with E-state index in [0.29, 0.717) is 19.7 Å². The van der Waals surface area contributed by atoms with Gasteiger partial charge >= 0.3 is 6.09 Å². The molecule has 2 atom stereocenters. The summed E-state index contributed by atoms with van der Waals surface area (Å²) in [4.78, 5) is 19.8. The lowest BCUT2D eigenvalue weighted by molar-refractivity contribution is 0.0426. The van der Waals surface area contributed by atoms with Crippen LogP contribution in [0.3, 0.4) is 0 Å². The van der Waals surface area contributed by atoms with Gasteiger partial charge in [0.15, 0.2) is 0 Å². The molecule has 2 heterocycles. The van der Waals surface area contributed by atoms with E-state index in [0.717, 1.165) is 15.6 Å². The minimum atomic E-state index is -0.379. The molecule has 2 aromatic rings. The summed E-state index contributed by atoms with van der Waals surface area (Å²) >= 11 is 3.52. The number of rotatable bonds is 3. The summed E-state index contributed by atoms with van der Waals surface area (Å²) in [6.07, 6.45) is -0.283. The van der Waals surface area contributed by atoms with Crippen molar-refractivity contribution in [1.82, 2.24) is 10.4 Å². The molecule has 2 aliphatic rings. The molecule has 1 N–H and O–H groups in total. The fraction of sp³-hybridized carbons (Fsp3) is 0.316. The Morgan fingerprint density at radius 1 is 1.28 bits per heavy atom. The quantitative estimate of drug-likeness (QED) is 0.853. The topological polar surface area (TPSA) is 50.8 Å². The summed E-state index contributed by atoms with van der Waals surface area (Å²) in [7, 11) is 0. The molecular formula is C19H19BrN2O3. The summed E-state index contributed by atoms with van der Waals surface area (Å²) in [6, 6.07) is 17.9. The second-order valence-corrected chi connectivity index (χ2v) is 7.43. The zero-order valence-electron chi connectivity index (χ0n) is 13.7. The number of nitrogens with one attached hydrogen (secondary N) is 1. The number of likely N-dealkylation sites (tertiary alicyclic amines) is 1. The lowest BCUT2D eigenvalue weighted by Crippen LogP contribution is -2.44. The van der Waals surface area contributed by atoms with Crippen LogP contribution in [0.2, 0.25) is 0 Å². The highest BCUT2D eigenvalue weighted by Crippen LogP contribution is 2.41. The third kappa shape index (κ3) is 3.17. The maximum Gasteiger partial charge on any atom is 0.410 e. The molecule has 6 heteroatoms. The number of benzene rings is 2. The normalized spacial score (nSPS) is 25.0. The molecule has 0 saturated carbocycles. The molecule has 2 aromatic carbocycles. The lowest BCUT2D eigenvalue weighted by atomic mass is 9.83. The largest absolute Gasteiger partial charge is 0.445 e. The molecule has 1 amide bonds. The average Bonchev–Trinajstić information content (AvgIpc) is 3.19. The number of ether oxygens (including phenoxy) is 1. The first-order chi connectivity index (χ1) is 12.2. The number of carbonyl (C=O) groups is 1. The van der Waals surface area contributed by atoms with Crippen LogP contribution < -0.4 is 5.48 Å². The van der Waals surface area contributed by atoms with Crippen LogP contribution >= 0.6 is 15.9 Å². The molecule has 25 heavy (non-hydrogen) atoms. The molecule has 2 saturated heterocycles. The maximum absolute atomic E-state index is 12.5. The van der Waals surface area contributed by atoms with Gasteiger partial charge in [0.05, 0.1) is 12.1 Å². The summed E-state index contributed by atoms with van der Waals surface area (Å²) in [5.41, 5.74) is 4.88. The first-order valence-electron chi connectivity index (χ1n) is 8.28. The van der Waals surface area contributed by atoms with Crippen molar-refractivity contribution in [2.75, 3.05) is 19.7 Å². The fourth-order valence-electron chi connectivity index (χ4n) is 3.60. The number of hydroxylamine groups is 1. The summed E-state index contributed by atoms with van der Waals surface area (Å²) in [5, 5.41) is 0. The zero-order chi connectivity index (χ0) is 17.3. The number of hydrogen-bond donors (Lipinski definition) is 1. The van der Waals surface area contributed by atoms with Gasteiger partial charge in [0, 0.05) is 23.5 Å². The van der Waals surface area contributed by atoms with Crippen molar-refractivity contribution in [3.05, 3.63) is 70.2 Å². The van der Waals surface area contributed by atoms with Gasteiger partial charge in [-0.1, -0.05) is 58.4 Å². The van der Waals surface area contributed by atoms with E-state index in [1.54, 1.807) is 4.90 Å². The highest BCUT2D eigenvalue weighted by molar-refractivity contribution is 9.10. The predicted molar refractivity (Wildman–Crippen MR) is 96.6 cm³/mol. The van der Waals surface area contributed by atoms with E-state index in [1.807, 2.05) is 42.5 Å². The Labute approximate surface area is 155 Å². The average molecular weight is 403 g/mol. The van der Waals surface area contributed by atoms with Crippen molar-refractivity contribution in [3.8, 4) is 0 Å². The lowest BCUT2D eigenvalue weighted by Gasteiger charge is -2.28. The van der Waals surface area contributed by atoms with Gasteiger partial charge in [0.2, 0.25) is 0 Å². The van der Waals surface area contributed by atoms with Crippen molar-refractivity contribution < 1.29 is 14.4 Å². The third-order valence-electron chi connectivity index (χ3n) is 4.92. The third-order valence-corrected chi connectivity index (χ3v) is 5.41. The number of amides is 1. The van der Waals surface area contributed by atoms with Gasteiger partial charge in [-0.05, 0) is 23.3 Å².